The Labute approximate surface area is 163 Å². The number of rotatable bonds is 7. The Hall–Kier alpha value is -2.79. The van der Waals surface area contributed by atoms with Crippen LogP contribution in [0.15, 0.2) is 40.1 Å². The number of aromatic amines is 1. The first kappa shape index (κ1) is 20.9. The van der Waals surface area contributed by atoms with Crippen LogP contribution in [0.1, 0.15) is 24.6 Å². The van der Waals surface area contributed by atoms with Gasteiger partial charge >= 0.3 is 13.5 Å². The van der Waals surface area contributed by atoms with Crippen LogP contribution in [0.3, 0.4) is 0 Å². The van der Waals surface area contributed by atoms with Gasteiger partial charge in [-0.3, -0.25) is 33.9 Å². The zero-order valence-electron chi connectivity index (χ0n) is 15.2. The van der Waals surface area contributed by atoms with Crippen molar-refractivity contribution in [1.82, 2.24) is 9.55 Å². The van der Waals surface area contributed by atoms with Gasteiger partial charge in [0.05, 0.1) is 17.6 Å². The molecule has 1 unspecified atom stereocenters. The van der Waals surface area contributed by atoms with Crippen molar-refractivity contribution in [2.75, 3.05) is 6.61 Å². The minimum absolute atomic E-state index is 0.0677. The minimum atomic E-state index is -4.49. The van der Waals surface area contributed by atoms with Crippen LogP contribution >= 0.6 is 7.82 Å². The van der Waals surface area contributed by atoms with Crippen LogP contribution in [0, 0.1) is 17.0 Å². The number of phosphoric acid groups is 1. The van der Waals surface area contributed by atoms with Crippen molar-refractivity contribution in [2.24, 2.45) is 0 Å². The Kier molecular flexibility index (Phi) is 5.99. The molecule has 0 aliphatic carbocycles. The van der Waals surface area contributed by atoms with Gasteiger partial charge in [-0.05, 0) is 31.9 Å². The lowest BCUT2D eigenvalue weighted by Crippen LogP contribution is -2.33. The van der Waals surface area contributed by atoms with Crippen LogP contribution in [0.2, 0.25) is 0 Å². The Balaban J connectivity index is 1.57. The molecule has 12 nitrogen and oxygen atoms in total. The Bertz CT molecular complexity index is 1060. The van der Waals surface area contributed by atoms with E-state index in [1.54, 1.807) is 6.92 Å². The van der Waals surface area contributed by atoms with Crippen LogP contribution < -0.4 is 15.8 Å². The van der Waals surface area contributed by atoms with Crippen molar-refractivity contribution in [3.8, 4) is 5.75 Å². The van der Waals surface area contributed by atoms with Gasteiger partial charge in [-0.25, -0.2) is 9.36 Å². The third-order valence-electron chi connectivity index (χ3n) is 4.23. The van der Waals surface area contributed by atoms with Crippen LogP contribution in [0.5, 0.6) is 5.75 Å². The number of non-ortho nitro benzene ring substituents is 1. The standard InChI is InChI=1S/C16H18N3O9P/c1-10-8-18(16(21)17-15(10)20)14-7-6-13(27-14)9-26-29(24,25)28-12-4-2-11(3-5-12)19(22)23/h2-5,8,13-14H,6-7,9H2,1H3,(H,24,25)(H,17,20,21)/t13-,14+/m0/s1. The first-order chi connectivity index (χ1) is 13.6. The van der Waals surface area contributed by atoms with Crippen molar-refractivity contribution in [3.05, 3.63) is 67.0 Å². The van der Waals surface area contributed by atoms with Crippen molar-refractivity contribution in [3.63, 3.8) is 0 Å². The van der Waals surface area contributed by atoms with E-state index in [2.05, 4.69) is 4.98 Å². The third kappa shape index (κ3) is 5.18. The lowest BCUT2D eigenvalue weighted by atomic mass is 10.2. The summed E-state index contributed by atoms with van der Waals surface area (Å²) >= 11 is 0. The number of aryl methyl sites for hydroxylation is 1. The van der Waals surface area contributed by atoms with E-state index in [1.165, 1.54) is 22.9 Å². The molecule has 13 heteroatoms. The van der Waals surface area contributed by atoms with Gasteiger partial charge in [0.15, 0.2) is 0 Å². The van der Waals surface area contributed by atoms with E-state index in [0.717, 1.165) is 12.1 Å². The average molecular weight is 427 g/mol. The molecular formula is C16H18N3O9P. The fourth-order valence-corrected chi connectivity index (χ4v) is 3.58. The molecule has 2 N–H and O–H groups in total. The molecule has 1 aromatic carbocycles. The molecule has 0 radical (unpaired) electrons. The summed E-state index contributed by atoms with van der Waals surface area (Å²) in [6.45, 7) is 1.29. The minimum Gasteiger partial charge on any atom is -0.404 e. The van der Waals surface area contributed by atoms with Crippen LogP contribution in [0.25, 0.3) is 0 Å². The number of nitro benzene ring substituents is 1. The number of nitro groups is 1. The number of ether oxygens (including phenoxy) is 1. The first-order valence-corrected chi connectivity index (χ1v) is 10.0. The maximum absolute atomic E-state index is 12.1. The molecule has 1 aromatic heterocycles. The molecule has 2 aromatic rings. The molecule has 29 heavy (non-hydrogen) atoms. The SMILES string of the molecule is Cc1cn([C@H]2CC[C@@H](COP(=O)(O)Oc3ccc([N+](=O)[O-])cc3)O2)c(=O)[nH]c1=O. The number of aromatic nitrogens is 2. The molecule has 1 aliphatic rings. The number of hydrogen-bond acceptors (Lipinski definition) is 8. The number of hydrogen-bond donors (Lipinski definition) is 2. The predicted octanol–water partition coefficient (Wildman–Crippen LogP) is 1.63. The number of nitrogens with one attached hydrogen (secondary N) is 1. The number of phosphoric ester groups is 1. The van der Waals surface area contributed by atoms with E-state index < -0.39 is 36.3 Å². The highest BCUT2D eigenvalue weighted by Gasteiger charge is 2.31. The van der Waals surface area contributed by atoms with E-state index in [4.69, 9.17) is 13.8 Å². The molecule has 1 saturated heterocycles. The molecule has 0 spiro atoms. The normalized spacial score (nSPS) is 20.9. The highest BCUT2D eigenvalue weighted by molar-refractivity contribution is 7.47. The van der Waals surface area contributed by atoms with E-state index >= 15 is 0 Å². The smallest absolute Gasteiger partial charge is 0.404 e. The lowest BCUT2D eigenvalue weighted by molar-refractivity contribution is -0.384. The Morgan fingerprint density at radius 2 is 2.03 bits per heavy atom. The predicted molar refractivity (Wildman–Crippen MR) is 98.7 cm³/mol. The monoisotopic (exact) mass is 427 g/mol. The summed E-state index contributed by atoms with van der Waals surface area (Å²) in [5.41, 5.74) is -0.927. The van der Waals surface area contributed by atoms with E-state index in [0.29, 0.717) is 18.4 Å². The molecule has 3 atom stereocenters. The van der Waals surface area contributed by atoms with Gasteiger partial charge in [0.25, 0.3) is 11.2 Å². The van der Waals surface area contributed by atoms with Crippen LogP contribution in [-0.4, -0.2) is 32.1 Å². The molecule has 156 valence electrons. The van der Waals surface area contributed by atoms with Gasteiger partial charge in [0.1, 0.15) is 12.0 Å². The van der Waals surface area contributed by atoms with Crippen LogP contribution in [0.4, 0.5) is 5.69 Å². The quantitative estimate of drug-likeness (QED) is 0.380. The summed E-state index contributed by atoms with van der Waals surface area (Å²) in [4.78, 5) is 45.4. The summed E-state index contributed by atoms with van der Waals surface area (Å²) in [5.74, 6) is -0.0677. The second kappa shape index (κ2) is 8.29. The van der Waals surface area contributed by atoms with Crippen molar-refractivity contribution < 1.29 is 28.2 Å². The van der Waals surface area contributed by atoms with Gasteiger partial charge in [-0.15, -0.1) is 0 Å². The van der Waals surface area contributed by atoms with Crippen LogP contribution in [-0.2, 0) is 13.8 Å². The maximum atomic E-state index is 12.1. The molecule has 2 heterocycles. The topological polar surface area (TPSA) is 163 Å². The second-order valence-corrected chi connectivity index (χ2v) is 7.75. The number of nitrogens with zero attached hydrogens (tertiary/aromatic N) is 2. The van der Waals surface area contributed by atoms with Gasteiger partial charge in [-0.1, -0.05) is 0 Å². The number of benzene rings is 1. The summed E-state index contributed by atoms with van der Waals surface area (Å²) in [7, 11) is -4.49. The number of H-pyrrole nitrogens is 1. The molecule has 1 fully saturated rings. The lowest BCUT2D eigenvalue weighted by Gasteiger charge is -2.18. The molecule has 0 saturated carbocycles. The van der Waals surface area contributed by atoms with Gasteiger partial charge < -0.3 is 9.26 Å². The van der Waals surface area contributed by atoms with Gasteiger partial charge in [0.2, 0.25) is 0 Å². The summed E-state index contributed by atoms with van der Waals surface area (Å²) in [6.07, 6.45) is 1.08. The highest BCUT2D eigenvalue weighted by Crippen LogP contribution is 2.45. The fourth-order valence-electron chi connectivity index (χ4n) is 2.78. The third-order valence-corrected chi connectivity index (χ3v) is 5.15. The van der Waals surface area contributed by atoms with E-state index in [9.17, 15) is 29.2 Å². The molecule has 1 aliphatic heterocycles. The van der Waals surface area contributed by atoms with Gasteiger partial charge in [0, 0.05) is 23.9 Å². The largest absolute Gasteiger partial charge is 0.527 e. The second-order valence-electron chi connectivity index (χ2n) is 6.38. The summed E-state index contributed by atoms with van der Waals surface area (Å²) in [6, 6.07) is 4.61. The molecule has 0 amide bonds. The maximum Gasteiger partial charge on any atom is 0.527 e. The van der Waals surface area contributed by atoms with E-state index in [-0.39, 0.29) is 18.0 Å². The molecule has 3 rings (SSSR count). The Morgan fingerprint density at radius 1 is 1.34 bits per heavy atom. The molecule has 0 bridgehead atoms. The fraction of sp³-hybridized carbons (Fsp3) is 0.375. The van der Waals surface area contributed by atoms with Gasteiger partial charge in [-0.2, -0.15) is 0 Å². The van der Waals surface area contributed by atoms with E-state index in [1.807, 2.05) is 0 Å². The zero-order valence-corrected chi connectivity index (χ0v) is 16.1. The van der Waals surface area contributed by atoms with Crippen molar-refractivity contribution in [1.29, 1.82) is 0 Å². The molecular weight excluding hydrogens is 409 g/mol. The first-order valence-electron chi connectivity index (χ1n) is 8.53. The highest BCUT2D eigenvalue weighted by atomic mass is 31.2. The summed E-state index contributed by atoms with van der Waals surface area (Å²) < 4.78 is 28.8. The Morgan fingerprint density at radius 3 is 2.69 bits per heavy atom. The average Bonchev–Trinajstić information content (AvgIpc) is 3.12. The van der Waals surface area contributed by atoms with Crippen molar-refractivity contribution >= 4 is 13.5 Å². The zero-order chi connectivity index (χ0) is 21.2. The van der Waals surface area contributed by atoms with Crippen molar-refractivity contribution in [2.45, 2.75) is 32.1 Å². The summed E-state index contributed by atoms with van der Waals surface area (Å²) in [5, 5.41) is 10.6.